The molecule has 36 heavy (non-hydrogen) atoms. The van der Waals surface area contributed by atoms with Crippen LogP contribution in [-0.4, -0.2) is 17.2 Å². The number of benzene rings is 2. The molecule has 0 spiro atoms. The van der Waals surface area contributed by atoms with Crippen molar-refractivity contribution in [3.8, 4) is 0 Å². The van der Waals surface area contributed by atoms with Gasteiger partial charge >= 0.3 is 7.12 Å². The van der Waals surface area contributed by atoms with Crippen LogP contribution in [0.3, 0.4) is 0 Å². The molecule has 0 heterocycles. The zero-order valence-corrected chi connectivity index (χ0v) is 25.2. The first-order valence-corrected chi connectivity index (χ1v) is 13.7. The van der Waals surface area contributed by atoms with Gasteiger partial charge in [0.15, 0.2) is 0 Å². The van der Waals surface area contributed by atoms with Gasteiger partial charge < -0.3 is 10.0 Å². The van der Waals surface area contributed by atoms with Crippen LogP contribution in [-0.2, 0) is 21.7 Å². The first-order valence-electron chi connectivity index (χ1n) is 12.9. The van der Waals surface area contributed by atoms with Crippen molar-refractivity contribution in [3.63, 3.8) is 0 Å². The molecule has 0 atom stereocenters. The highest BCUT2D eigenvalue weighted by Gasteiger charge is 2.42. The summed E-state index contributed by atoms with van der Waals surface area (Å²) in [6, 6.07) is 4.08. The van der Waals surface area contributed by atoms with Crippen LogP contribution in [0.1, 0.15) is 114 Å². The molecule has 6 heteroatoms. The molecular formula is C30H42BBrF2O2. The van der Waals surface area contributed by atoms with Crippen LogP contribution in [0.4, 0.5) is 8.78 Å². The van der Waals surface area contributed by atoms with E-state index in [1.807, 2.05) is 26.8 Å². The number of hydrogen-bond acceptors (Lipinski definition) is 2. The fraction of sp³-hybridized carbons (Fsp3) is 0.600. The van der Waals surface area contributed by atoms with Gasteiger partial charge in [0.2, 0.25) is 0 Å². The van der Waals surface area contributed by atoms with Crippen LogP contribution >= 0.6 is 15.9 Å². The minimum absolute atomic E-state index is 0.0181. The van der Waals surface area contributed by atoms with Gasteiger partial charge in [-0.1, -0.05) is 67.5 Å². The number of halogens is 3. The number of aryl methyl sites for hydroxylation is 2. The molecule has 0 unspecified atom stereocenters. The number of rotatable bonds is 1. The Bertz CT molecular complexity index is 1180. The summed E-state index contributed by atoms with van der Waals surface area (Å²) in [5.41, 5.74) is 5.04. The molecule has 0 saturated carbocycles. The van der Waals surface area contributed by atoms with Crippen LogP contribution in [0.2, 0.25) is 0 Å². The van der Waals surface area contributed by atoms with Gasteiger partial charge in [0, 0.05) is 5.46 Å². The zero-order chi connectivity index (χ0) is 27.6. The predicted molar refractivity (Wildman–Crippen MR) is 150 cm³/mol. The Morgan fingerprint density at radius 1 is 0.667 bits per heavy atom. The van der Waals surface area contributed by atoms with Crippen molar-refractivity contribution in [3.05, 3.63) is 61.6 Å². The average Bonchev–Trinajstić information content (AvgIpc) is 2.72. The lowest BCUT2D eigenvalue weighted by molar-refractivity contribution is 0.319. The summed E-state index contributed by atoms with van der Waals surface area (Å²) in [4.78, 5) is 0. The standard InChI is InChI=1S/C15H22BFO2.C15H20BrF/c1-9-8-10-11(13(17)12(9)16(18)19)15(4,5)7-6-14(10,2)3;1-9-8-10-11(13(17)12(9)16)15(4,5)7-6-14(10,2)3/h8,18-19H,6-7H2,1-5H3;8H,6-7H2,1-5H3. The van der Waals surface area contributed by atoms with Crippen molar-refractivity contribution in [2.75, 3.05) is 0 Å². The Kier molecular flexibility index (Phi) is 7.74. The van der Waals surface area contributed by atoms with Gasteiger partial charge in [0.1, 0.15) is 11.6 Å². The molecule has 2 aromatic carbocycles. The summed E-state index contributed by atoms with van der Waals surface area (Å²) in [5, 5.41) is 18.8. The van der Waals surface area contributed by atoms with Gasteiger partial charge in [-0.3, -0.25) is 0 Å². The number of fused-ring (bicyclic) bond motifs is 2. The van der Waals surface area contributed by atoms with E-state index in [-0.39, 0.29) is 32.9 Å². The topological polar surface area (TPSA) is 40.5 Å². The molecule has 4 rings (SSSR count). The van der Waals surface area contributed by atoms with Gasteiger partial charge in [-0.05, 0) is 111 Å². The van der Waals surface area contributed by atoms with E-state index in [0.29, 0.717) is 15.6 Å². The van der Waals surface area contributed by atoms with Crippen molar-refractivity contribution in [1.82, 2.24) is 0 Å². The Morgan fingerprint density at radius 3 is 1.44 bits per heavy atom. The van der Waals surface area contributed by atoms with E-state index in [1.54, 1.807) is 6.92 Å². The molecule has 2 aliphatic carbocycles. The minimum Gasteiger partial charge on any atom is -0.423 e. The maximum Gasteiger partial charge on any atom is 0.491 e. The van der Waals surface area contributed by atoms with Gasteiger partial charge in [-0.25, -0.2) is 8.78 Å². The molecule has 2 nitrogen and oxygen atoms in total. The van der Waals surface area contributed by atoms with E-state index in [4.69, 9.17) is 0 Å². The highest BCUT2D eigenvalue weighted by Crippen LogP contribution is 2.49. The average molecular weight is 563 g/mol. The molecule has 2 aliphatic rings. The third kappa shape index (κ3) is 5.07. The van der Waals surface area contributed by atoms with Crippen LogP contribution in [0.25, 0.3) is 0 Å². The Hall–Kier alpha value is -1.24. The van der Waals surface area contributed by atoms with Crippen molar-refractivity contribution in [1.29, 1.82) is 0 Å². The fourth-order valence-corrected chi connectivity index (χ4v) is 6.34. The van der Waals surface area contributed by atoms with Crippen LogP contribution in [0.5, 0.6) is 0 Å². The van der Waals surface area contributed by atoms with Crippen molar-refractivity contribution in [2.24, 2.45) is 0 Å². The summed E-state index contributed by atoms with van der Waals surface area (Å²) in [6.45, 7) is 20.7. The third-order valence-electron chi connectivity index (χ3n) is 8.72. The number of hydrogen-bond donors (Lipinski definition) is 2. The molecule has 0 bridgehead atoms. The second-order valence-electron chi connectivity index (χ2n) is 13.5. The lowest BCUT2D eigenvalue weighted by Gasteiger charge is -2.42. The normalized spacial score (nSPS) is 20.5. The molecular weight excluding hydrogens is 521 g/mol. The molecule has 0 aromatic heterocycles. The first kappa shape index (κ1) is 29.3. The summed E-state index contributed by atoms with van der Waals surface area (Å²) in [5.74, 6) is -0.499. The van der Waals surface area contributed by atoms with Crippen molar-refractivity contribution in [2.45, 2.75) is 117 Å². The highest BCUT2D eigenvalue weighted by atomic mass is 79.9. The van der Waals surface area contributed by atoms with E-state index in [2.05, 4.69) is 63.5 Å². The van der Waals surface area contributed by atoms with E-state index < -0.39 is 12.9 Å². The molecule has 2 N–H and O–H groups in total. The van der Waals surface area contributed by atoms with E-state index in [0.717, 1.165) is 42.4 Å². The Morgan fingerprint density at radius 2 is 1.03 bits per heavy atom. The predicted octanol–water partition coefficient (Wildman–Crippen LogP) is 7.41. The smallest absolute Gasteiger partial charge is 0.423 e. The van der Waals surface area contributed by atoms with Gasteiger partial charge in [-0.15, -0.1) is 0 Å². The van der Waals surface area contributed by atoms with Gasteiger partial charge in [-0.2, -0.15) is 0 Å². The molecule has 0 fully saturated rings. The summed E-state index contributed by atoms with van der Waals surface area (Å²) >= 11 is 3.37. The molecule has 0 amide bonds. The third-order valence-corrected chi connectivity index (χ3v) is 9.69. The monoisotopic (exact) mass is 562 g/mol. The molecule has 2 aromatic rings. The maximum atomic E-state index is 14.8. The quantitative estimate of drug-likeness (QED) is 0.355. The van der Waals surface area contributed by atoms with Crippen molar-refractivity contribution < 1.29 is 18.8 Å². The minimum atomic E-state index is -1.76. The summed E-state index contributed by atoms with van der Waals surface area (Å²) in [6.07, 6.45) is 4.06. The molecule has 0 saturated heterocycles. The van der Waals surface area contributed by atoms with Crippen molar-refractivity contribution >= 4 is 28.5 Å². The second kappa shape index (κ2) is 9.50. The second-order valence-corrected chi connectivity index (χ2v) is 14.3. The summed E-state index contributed by atoms with van der Waals surface area (Å²) < 4.78 is 29.9. The van der Waals surface area contributed by atoms with E-state index in [1.165, 1.54) is 5.56 Å². The van der Waals surface area contributed by atoms with Gasteiger partial charge in [0.05, 0.1) is 4.47 Å². The highest BCUT2D eigenvalue weighted by molar-refractivity contribution is 9.10. The fourth-order valence-electron chi connectivity index (χ4n) is 6.02. The van der Waals surface area contributed by atoms with Crippen LogP contribution < -0.4 is 5.46 Å². The van der Waals surface area contributed by atoms with E-state index >= 15 is 0 Å². The largest absolute Gasteiger partial charge is 0.491 e. The molecule has 198 valence electrons. The van der Waals surface area contributed by atoms with Gasteiger partial charge in [0.25, 0.3) is 0 Å². The summed E-state index contributed by atoms with van der Waals surface area (Å²) in [7, 11) is -1.76. The Balaban J connectivity index is 0.000000202. The van der Waals surface area contributed by atoms with E-state index in [9.17, 15) is 18.8 Å². The SMILES string of the molecule is Cc1cc2c(c(F)c1B(O)O)C(C)(C)CCC2(C)C.Cc1cc2c(c(F)c1Br)C(C)(C)CCC2(C)C. The lowest BCUT2D eigenvalue weighted by atomic mass is 9.60. The molecule has 0 aliphatic heterocycles. The lowest BCUT2D eigenvalue weighted by Crippen LogP contribution is -2.42. The first-order chi connectivity index (χ1) is 16.2. The van der Waals surface area contributed by atoms with Crippen LogP contribution in [0.15, 0.2) is 16.6 Å². The Labute approximate surface area is 225 Å². The van der Waals surface area contributed by atoms with Crippen LogP contribution in [0, 0.1) is 25.5 Å². The maximum absolute atomic E-state index is 14.8. The molecule has 0 radical (unpaired) electrons. The zero-order valence-electron chi connectivity index (χ0n) is 23.6.